The van der Waals surface area contributed by atoms with Gasteiger partial charge in [0.1, 0.15) is 0 Å². The van der Waals surface area contributed by atoms with E-state index in [0.29, 0.717) is 5.11 Å². The van der Waals surface area contributed by atoms with Crippen LogP contribution in [0.25, 0.3) is 0 Å². The lowest BCUT2D eigenvalue weighted by Crippen LogP contribution is -2.49. The van der Waals surface area contributed by atoms with Crippen molar-refractivity contribution in [3.63, 3.8) is 0 Å². The minimum Gasteiger partial charge on any atom is -0.375 e. The Morgan fingerprint density at radius 2 is 2.25 bits per heavy atom. The Morgan fingerprint density at radius 3 is 2.75 bits per heavy atom. The normalized spacial score (nSPS) is 14.5. The molecule has 1 aliphatic rings. The highest BCUT2D eigenvalue weighted by Crippen LogP contribution is 1.92. The summed E-state index contributed by atoms with van der Waals surface area (Å²) in [5.74, 6) is 0. The Bertz CT molecular complexity index is 226. The first-order valence-electron chi connectivity index (χ1n) is 3.32. The van der Waals surface area contributed by atoms with Crippen molar-refractivity contribution in [2.24, 2.45) is 10.7 Å². The summed E-state index contributed by atoms with van der Waals surface area (Å²) in [5.41, 5.74) is 10.4. The van der Waals surface area contributed by atoms with Gasteiger partial charge in [-0.15, -0.1) is 0 Å². The zero-order valence-electron chi connectivity index (χ0n) is 6.28. The van der Waals surface area contributed by atoms with Crippen molar-refractivity contribution < 1.29 is 0 Å². The van der Waals surface area contributed by atoms with Gasteiger partial charge < -0.3 is 10.6 Å². The van der Waals surface area contributed by atoms with Crippen LogP contribution in [0.5, 0.6) is 0 Å². The summed E-state index contributed by atoms with van der Waals surface area (Å²) in [6.07, 6.45) is 1.68. The van der Waals surface area contributed by atoms with Gasteiger partial charge in [-0.05, 0) is 24.4 Å². The lowest BCUT2D eigenvalue weighted by Gasteiger charge is -2.16. The number of hydrogen-bond acceptors (Lipinski definition) is 3. The largest absolute Gasteiger partial charge is 0.375 e. The summed E-state index contributed by atoms with van der Waals surface area (Å²) < 4.78 is 0. The molecule has 7 heteroatoms. The molecule has 5 nitrogen and oxygen atoms in total. The van der Waals surface area contributed by atoms with Crippen LogP contribution in [-0.4, -0.2) is 34.6 Å². The van der Waals surface area contributed by atoms with Gasteiger partial charge in [0.05, 0.1) is 12.9 Å². The van der Waals surface area contributed by atoms with Gasteiger partial charge in [0.2, 0.25) is 0 Å². The lowest BCUT2D eigenvalue weighted by molar-refractivity contribution is 0.643. The first kappa shape index (κ1) is 9.14. The number of hydrazine groups is 1. The second kappa shape index (κ2) is 4.17. The molecule has 0 radical (unpaired) electrons. The van der Waals surface area contributed by atoms with E-state index in [4.69, 9.17) is 18.0 Å². The Morgan fingerprint density at radius 1 is 1.50 bits per heavy atom. The molecule has 0 spiro atoms. The van der Waals surface area contributed by atoms with E-state index >= 15 is 0 Å². The fraction of sp³-hybridized carbons (Fsp3) is 0.400. The maximum atomic E-state index is 5.19. The molecule has 1 rings (SSSR count). The van der Waals surface area contributed by atoms with E-state index < -0.39 is 0 Å². The highest BCUT2D eigenvalue weighted by atomic mass is 32.1. The topological polar surface area (TPSA) is 65.7 Å². The Labute approximate surface area is 81.0 Å². The standard InChI is InChI=1S/C5H9N5S2/c6-4(11)8-9-5(12)10-2-1-7-3-10/h3H,1-2H2,(H,9,12)(H3,6,8,11). The molecule has 66 valence electrons. The zero-order chi connectivity index (χ0) is 8.97. The predicted molar refractivity (Wildman–Crippen MR) is 55.7 cm³/mol. The predicted octanol–water partition coefficient (Wildman–Crippen LogP) is -1.05. The van der Waals surface area contributed by atoms with Crippen molar-refractivity contribution in [1.82, 2.24) is 15.8 Å². The first-order valence-corrected chi connectivity index (χ1v) is 4.14. The van der Waals surface area contributed by atoms with Crippen molar-refractivity contribution in [1.29, 1.82) is 0 Å². The number of thiocarbonyl (C=S) groups is 2. The maximum absolute atomic E-state index is 5.19. The van der Waals surface area contributed by atoms with E-state index in [1.807, 2.05) is 0 Å². The number of nitrogens with zero attached hydrogens (tertiary/aromatic N) is 2. The van der Waals surface area contributed by atoms with E-state index in [0.717, 1.165) is 13.1 Å². The number of hydrogen-bond donors (Lipinski definition) is 3. The van der Waals surface area contributed by atoms with Crippen LogP contribution in [0, 0.1) is 0 Å². The number of rotatable bonds is 0. The first-order chi connectivity index (χ1) is 5.70. The highest BCUT2D eigenvalue weighted by molar-refractivity contribution is 7.80. The average Bonchev–Trinajstić information content (AvgIpc) is 2.51. The lowest BCUT2D eigenvalue weighted by atomic mass is 10.6. The van der Waals surface area contributed by atoms with Gasteiger partial charge in [-0.25, -0.2) is 0 Å². The molecule has 0 amide bonds. The third-order valence-electron chi connectivity index (χ3n) is 1.24. The molecule has 12 heavy (non-hydrogen) atoms. The molecular formula is C5H9N5S2. The maximum Gasteiger partial charge on any atom is 0.193 e. The van der Waals surface area contributed by atoms with Gasteiger partial charge in [0.15, 0.2) is 10.2 Å². The van der Waals surface area contributed by atoms with Crippen molar-refractivity contribution in [2.45, 2.75) is 0 Å². The van der Waals surface area contributed by atoms with Gasteiger partial charge >= 0.3 is 0 Å². The van der Waals surface area contributed by atoms with E-state index in [9.17, 15) is 0 Å². The van der Waals surface area contributed by atoms with Crippen LogP contribution in [0.2, 0.25) is 0 Å². The zero-order valence-corrected chi connectivity index (χ0v) is 7.91. The smallest absolute Gasteiger partial charge is 0.193 e. The highest BCUT2D eigenvalue weighted by Gasteiger charge is 2.09. The molecule has 1 aliphatic heterocycles. The minimum atomic E-state index is 0.161. The summed E-state index contributed by atoms with van der Waals surface area (Å²) in [6, 6.07) is 0. The van der Waals surface area contributed by atoms with Gasteiger partial charge in [-0.2, -0.15) is 0 Å². The quantitative estimate of drug-likeness (QED) is 0.345. The average molecular weight is 203 g/mol. The molecule has 0 bridgehead atoms. The summed E-state index contributed by atoms with van der Waals surface area (Å²) in [5, 5.41) is 0.678. The SMILES string of the molecule is NC(=S)NNC(=S)N1C=NCC1. The summed E-state index contributed by atoms with van der Waals surface area (Å²) in [6.45, 7) is 1.57. The van der Waals surface area contributed by atoms with Crippen molar-refractivity contribution in [3.05, 3.63) is 0 Å². The number of aliphatic imine (C=N–C) groups is 1. The van der Waals surface area contributed by atoms with Gasteiger partial charge in [-0.3, -0.25) is 15.8 Å². The van der Waals surface area contributed by atoms with Crippen molar-refractivity contribution >= 4 is 41.0 Å². The summed E-state index contributed by atoms with van der Waals surface area (Å²) in [7, 11) is 0. The molecule has 0 aliphatic carbocycles. The third-order valence-corrected chi connectivity index (χ3v) is 1.68. The summed E-state index contributed by atoms with van der Waals surface area (Å²) >= 11 is 9.56. The molecule has 0 unspecified atom stereocenters. The van der Waals surface area contributed by atoms with Crippen LogP contribution in [-0.2, 0) is 0 Å². The second-order valence-electron chi connectivity index (χ2n) is 2.13. The minimum absolute atomic E-state index is 0.161. The molecule has 4 N–H and O–H groups in total. The number of nitrogens with two attached hydrogens (primary N) is 1. The summed E-state index contributed by atoms with van der Waals surface area (Å²) in [4.78, 5) is 5.79. The fourth-order valence-corrected chi connectivity index (χ4v) is 0.961. The van der Waals surface area contributed by atoms with Gasteiger partial charge in [0, 0.05) is 6.54 Å². The van der Waals surface area contributed by atoms with Crippen LogP contribution in [0.3, 0.4) is 0 Å². The van der Waals surface area contributed by atoms with Crippen LogP contribution >= 0.6 is 24.4 Å². The molecule has 0 aromatic rings. The number of nitrogens with one attached hydrogen (secondary N) is 2. The van der Waals surface area contributed by atoms with Crippen LogP contribution in [0.4, 0.5) is 0 Å². The molecular weight excluding hydrogens is 194 g/mol. The van der Waals surface area contributed by atoms with Crippen molar-refractivity contribution in [2.75, 3.05) is 13.1 Å². The third kappa shape index (κ3) is 2.59. The Kier molecular flexibility index (Phi) is 3.18. The Balaban J connectivity index is 2.28. The monoisotopic (exact) mass is 203 g/mol. The molecule has 0 fully saturated rings. The van der Waals surface area contributed by atoms with E-state index in [1.54, 1.807) is 11.2 Å². The fourth-order valence-electron chi connectivity index (χ4n) is 0.720. The molecule has 0 atom stereocenters. The van der Waals surface area contributed by atoms with E-state index in [-0.39, 0.29) is 5.11 Å². The van der Waals surface area contributed by atoms with Crippen LogP contribution < -0.4 is 16.6 Å². The van der Waals surface area contributed by atoms with Gasteiger partial charge in [-0.1, -0.05) is 0 Å². The second-order valence-corrected chi connectivity index (χ2v) is 2.96. The molecule has 0 aromatic heterocycles. The van der Waals surface area contributed by atoms with E-state index in [1.165, 1.54) is 0 Å². The van der Waals surface area contributed by atoms with E-state index in [2.05, 4.69) is 28.1 Å². The van der Waals surface area contributed by atoms with Crippen LogP contribution in [0.15, 0.2) is 4.99 Å². The molecule has 0 saturated heterocycles. The van der Waals surface area contributed by atoms with Crippen LogP contribution in [0.1, 0.15) is 0 Å². The molecule has 0 aromatic carbocycles. The van der Waals surface area contributed by atoms with Crippen molar-refractivity contribution in [3.8, 4) is 0 Å². The molecule has 0 saturated carbocycles. The van der Waals surface area contributed by atoms with Gasteiger partial charge in [0.25, 0.3) is 0 Å². The Hall–Kier alpha value is -0.950. The molecule has 1 heterocycles.